The second kappa shape index (κ2) is 4.35. The second-order valence-corrected chi connectivity index (χ2v) is 3.75. The number of hydrogen-bond acceptors (Lipinski definition) is 4. The van der Waals surface area contributed by atoms with Crippen LogP contribution in [0.3, 0.4) is 0 Å². The van der Waals surface area contributed by atoms with E-state index in [-0.39, 0.29) is 17.6 Å². The number of nitrogens with two attached hydrogens (primary N) is 1. The van der Waals surface area contributed by atoms with Gasteiger partial charge in [0.1, 0.15) is 5.69 Å². The third kappa shape index (κ3) is 2.50. The molecule has 1 rings (SSSR count). The van der Waals surface area contributed by atoms with E-state index in [1.807, 2.05) is 13.8 Å². The third-order valence-electron chi connectivity index (χ3n) is 2.53. The number of pyridine rings is 1. The lowest BCUT2D eigenvalue weighted by Gasteiger charge is -2.14. The van der Waals surface area contributed by atoms with Crippen LogP contribution in [0.25, 0.3) is 0 Å². The first-order valence-electron chi connectivity index (χ1n) is 4.81. The van der Waals surface area contributed by atoms with E-state index in [1.54, 1.807) is 13.0 Å². The summed E-state index contributed by atoms with van der Waals surface area (Å²) in [4.78, 5) is 14.3. The van der Waals surface area contributed by atoms with E-state index in [9.17, 15) is 10.1 Å². The Hall–Kier alpha value is -1.49. The van der Waals surface area contributed by atoms with Crippen molar-refractivity contribution >= 4 is 5.69 Å². The molecule has 0 radical (unpaired) electrons. The standard InChI is InChI=1S/C10H15N3O2/c1-6(7(2)11)9-4-5-10(13(14)15)8(3)12-9/h4-7H,11H2,1-3H3. The predicted octanol–water partition coefficient (Wildman–Crippen LogP) is 1.75. The van der Waals surface area contributed by atoms with Crippen LogP contribution < -0.4 is 5.73 Å². The van der Waals surface area contributed by atoms with Gasteiger partial charge in [-0.1, -0.05) is 6.92 Å². The van der Waals surface area contributed by atoms with Crippen molar-refractivity contribution < 1.29 is 4.92 Å². The molecule has 15 heavy (non-hydrogen) atoms. The highest BCUT2D eigenvalue weighted by Gasteiger charge is 2.16. The summed E-state index contributed by atoms with van der Waals surface area (Å²) in [7, 11) is 0. The van der Waals surface area contributed by atoms with E-state index in [1.165, 1.54) is 6.07 Å². The number of hydrogen-bond donors (Lipinski definition) is 1. The van der Waals surface area contributed by atoms with E-state index in [0.717, 1.165) is 5.69 Å². The van der Waals surface area contributed by atoms with Gasteiger partial charge in [0.25, 0.3) is 5.69 Å². The highest BCUT2D eigenvalue weighted by molar-refractivity contribution is 5.36. The summed E-state index contributed by atoms with van der Waals surface area (Å²) >= 11 is 0. The molecular formula is C10H15N3O2. The molecule has 1 aromatic heterocycles. The first kappa shape index (κ1) is 11.6. The van der Waals surface area contributed by atoms with Crippen molar-refractivity contribution in [1.82, 2.24) is 4.98 Å². The van der Waals surface area contributed by atoms with Crippen molar-refractivity contribution in [3.8, 4) is 0 Å². The van der Waals surface area contributed by atoms with E-state index in [4.69, 9.17) is 5.73 Å². The van der Waals surface area contributed by atoms with Gasteiger partial charge in [-0.15, -0.1) is 0 Å². The molecule has 2 unspecified atom stereocenters. The minimum atomic E-state index is -0.428. The zero-order valence-electron chi connectivity index (χ0n) is 9.10. The fraction of sp³-hybridized carbons (Fsp3) is 0.500. The maximum absolute atomic E-state index is 10.6. The van der Waals surface area contributed by atoms with Crippen molar-refractivity contribution in [2.45, 2.75) is 32.7 Å². The number of nitro groups is 1. The predicted molar refractivity (Wildman–Crippen MR) is 57.7 cm³/mol. The molecule has 2 N–H and O–H groups in total. The fourth-order valence-corrected chi connectivity index (χ4v) is 1.29. The van der Waals surface area contributed by atoms with Gasteiger partial charge in [-0.05, 0) is 19.9 Å². The molecule has 0 amide bonds. The minimum Gasteiger partial charge on any atom is -0.327 e. The molecule has 1 aromatic rings. The molecule has 0 spiro atoms. The molecule has 5 nitrogen and oxygen atoms in total. The third-order valence-corrected chi connectivity index (χ3v) is 2.53. The van der Waals surface area contributed by atoms with Crippen LogP contribution in [0, 0.1) is 17.0 Å². The van der Waals surface area contributed by atoms with Crippen LogP contribution in [0.5, 0.6) is 0 Å². The zero-order valence-corrected chi connectivity index (χ0v) is 9.10. The monoisotopic (exact) mass is 209 g/mol. The lowest BCUT2D eigenvalue weighted by Crippen LogP contribution is -2.23. The van der Waals surface area contributed by atoms with Crippen LogP contribution in [0.15, 0.2) is 12.1 Å². The second-order valence-electron chi connectivity index (χ2n) is 3.75. The van der Waals surface area contributed by atoms with Gasteiger partial charge in [0.05, 0.1) is 4.92 Å². The Balaban J connectivity index is 3.06. The van der Waals surface area contributed by atoms with Gasteiger partial charge in [0, 0.05) is 23.7 Å². The van der Waals surface area contributed by atoms with Gasteiger partial charge < -0.3 is 5.73 Å². The molecule has 0 fully saturated rings. The Labute approximate surface area is 88.5 Å². The van der Waals surface area contributed by atoms with Crippen LogP contribution in [-0.4, -0.2) is 15.9 Å². The van der Waals surface area contributed by atoms with Crippen molar-refractivity contribution in [2.75, 3.05) is 0 Å². The maximum atomic E-state index is 10.6. The van der Waals surface area contributed by atoms with E-state index in [0.29, 0.717) is 5.69 Å². The molecule has 82 valence electrons. The van der Waals surface area contributed by atoms with Crippen LogP contribution in [-0.2, 0) is 0 Å². The molecule has 0 bridgehead atoms. The summed E-state index contributed by atoms with van der Waals surface area (Å²) in [6.07, 6.45) is 0. The Morgan fingerprint density at radius 3 is 2.47 bits per heavy atom. The summed E-state index contributed by atoms with van der Waals surface area (Å²) in [5.41, 5.74) is 7.03. The molecular weight excluding hydrogens is 194 g/mol. The van der Waals surface area contributed by atoms with Gasteiger partial charge in [-0.3, -0.25) is 15.1 Å². The minimum absolute atomic E-state index is 0.0154. The van der Waals surface area contributed by atoms with Gasteiger partial charge >= 0.3 is 0 Å². The zero-order chi connectivity index (χ0) is 11.6. The summed E-state index contributed by atoms with van der Waals surface area (Å²) < 4.78 is 0. The summed E-state index contributed by atoms with van der Waals surface area (Å²) in [6.45, 7) is 5.48. The van der Waals surface area contributed by atoms with E-state index >= 15 is 0 Å². The summed E-state index contributed by atoms with van der Waals surface area (Å²) in [5.74, 6) is 0.101. The van der Waals surface area contributed by atoms with E-state index in [2.05, 4.69) is 4.98 Å². The number of nitrogens with zero attached hydrogens (tertiary/aromatic N) is 2. The normalized spacial score (nSPS) is 14.7. The molecule has 0 aliphatic rings. The lowest BCUT2D eigenvalue weighted by atomic mass is 9.99. The smallest absolute Gasteiger partial charge is 0.290 e. The number of rotatable bonds is 3. The molecule has 0 saturated heterocycles. The van der Waals surface area contributed by atoms with Crippen molar-refractivity contribution in [1.29, 1.82) is 0 Å². The van der Waals surface area contributed by atoms with Crippen LogP contribution in [0.1, 0.15) is 31.2 Å². The number of aryl methyl sites for hydroxylation is 1. The average molecular weight is 209 g/mol. The molecule has 0 saturated carbocycles. The van der Waals surface area contributed by atoms with Gasteiger partial charge in [0.15, 0.2) is 0 Å². The topological polar surface area (TPSA) is 82.0 Å². The van der Waals surface area contributed by atoms with Gasteiger partial charge in [0.2, 0.25) is 0 Å². The van der Waals surface area contributed by atoms with Crippen molar-refractivity contribution in [3.05, 3.63) is 33.6 Å². The highest BCUT2D eigenvalue weighted by Crippen LogP contribution is 2.21. The van der Waals surface area contributed by atoms with Crippen LogP contribution in [0.4, 0.5) is 5.69 Å². The highest BCUT2D eigenvalue weighted by atomic mass is 16.6. The Bertz CT molecular complexity index is 377. The van der Waals surface area contributed by atoms with Crippen molar-refractivity contribution in [2.24, 2.45) is 5.73 Å². The largest absolute Gasteiger partial charge is 0.327 e. The maximum Gasteiger partial charge on any atom is 0.290 e. The Morgan fingerprint density at radius 2 is 2.07 bits per heavy atom. The first-order chi connectivity index (χ1) is 6.93. The Kier molecular flexibility index (Phi) is 3.36. The number of aromatic nitrogens is 1. The lowest BCUT2D eigenvalue weighted by molar-refractivity contribution is -0.385. The fourth-order valence-electron chi connectivity index (χ4n) is 1.29. The van der Waals surface area contributed by atoms with Crippen LogP contribution in [0.2, 0.25) is 0 Å². The van der Waals surface area contributed by atoms with Gasteiger partial charge in [-0.25, -0.2) is 0 Å². The van der Waals surface area contributed by atoms with Crippen LogP contribution >= 0.6 is 0 Å². The SMILES string of the molecule is Cc1nc(C(C)C(C)N)ccc1[N+](=O)[O-]. The molecule has 5 heteroatoms. The molecule has 2 atom stereocenters. The summed E-state index contributed by atoms with van der Waals surface area (Å²) in [6, 6.07) is 3.13. The first-order valence-corrected chi connectivity index (χ1v) is 4.81. The molecule has 0 aromatic carbocycles. The summed E-state index contributed by atoms with van der Waals surface area (Å²) in [5, 5.41) is 10.6. The molecule has 0 aliphatic heterocycles. The van der Waals surface area contributed by atoms with Crippen molar-refractivity contribution in [3.63, 3.8) is 0 Å². The van der Waals surface area contributed by atoms with Gasteiger partial charge in [-0.2, -0.15) is 0 Å². The quantitative estimate of drug-likeness (QED) is 0.607. The molecule has 0 aliphatic carbocycles. The molecule has 1 heterocycles. The van der Waals surface area contributed by atoms with E-state index < -0.39 is 4.92 Å². The Morgan fingerprint density at radius 1 is 1.47 bits per heavy atom. The average Bonchev–Trinajstić information content (AvgIpc) is 2.15.